The van der Waals surface area contributed by atoms with Crippen LogP contribution in [0.2, 0.25) is 0 Å². The van der Waals surface area contributed by atoms with Crippen molar-refractivity contribution in [2.45, 2.75) is 31.6 Å². The number of hydrogen-bond donors (Lipinski definition) is 1. The fraction of sp³-hybridized carbons (Fsp3) is 0.435. The van der Waals surface area contributed by atoms with Gasteiger partial charge < -0.3 is 10.2 Å². The van der Waals surface area contributed by atoms with Crippen LogP contribution in [0.15, 0.2) is 53.4 Å². The molecule has 1 aliphatic rings. The topological polar surface area (TPSA) is 69.7 Å². The van der Waals surface area contributed by atoms with E-state index in [0.29, 0.717) is 31.6 Å². The van der Waals surface area contributed by atoms with E-state index in [1.807, 2.05) is 49.4 Å². The maximum atomic E-state index is 13.5. The third-order valence-corrected chi connectivity index (χ3v) is 7.45. The summed E-state index contributed by atoms with van der Waals surface area (Å²) in [4.78, 5) is 14.9. The molecule has 30 heavy (non-hydrogen) atoms. The van der Waals surface area contributed by atoms with Crippen molar-refractivity contribution in [3.63, 3.8) is 0 Å². The van der Waals surface area contributed by atoms with Crippen LogP contribution in [0, 0.1) is 13.8 Å². The molecule has 0 bridgehead atoms. The van der Waals surface area contributed by atoms with Crippen LogP contribution in [-0.4, -0.2) is 62.8 Å². The number of piperazine rings is 1. The second-order valence-electron chi connectivity index (χ2n) is 7.83. The molecular weight excluding hydrogens is 398 g/mol. The molecule has 7 heteroatoms. The summed E-state index contributed by atoms with van der Waals surface area (Å²) >= 11 is 0. The van der Waals surface area contributed by atoms with Gasteiger partial charge in [-0.05, 0) is 49.4 Å². The van der Waals surface area contributed by atoms with E-state index in [1.54, 1.807) is 17.9 Å². The first kappa shape index (κ1) is 22.5. The number of nitrogens with zero attached hydrogens (tertiary/aromatic N) is 2. The van der Waals surface area contributed by atoms with E-state index in [9.17, 15) is 13.2 Å². The minimum absolute atomic E-state index is 0.121. The summed E-state index contributed by atoms with van der Waals surface area (Å²) in [6.07, 6.45) is 1.42. The van der Waals surface area contributed by atoms with Crippen molar-refractivity contribution < 1.29 is 13.2 Å². The van der Waals surface area contributed by atoms with Crippen LogP contribution in [-0.2, 0) is 21.2 Å². The first-order valence-corrected chi connectivity index (χ1v) is 11.9. The fourth-order valence-electron chi connectivity index (χ4n) is 3.68. The third-order valence-electron chi connectivity index (χ3n) is 5.46. The molecule has 0 aromatic heterocycles. The summed E-state index contributed by atoms with van der Waals surface area (Å²) in [6, 6.07) is 15.4. The first-order chi connectivity index (χ1) is 14.4. The molecule has 6 nitrogen and oxygen atoms in total. The Morgan fingerprint density at radius 1 is 1.07 bits per heavy atom. The molecule has 2 aromatic carbocycles. The molecule has 0 spiro atoms. The van der Waals surface area contributed by atoms with Gasteiger partial charge in [0.1, 0.15) is 0 Å². The Balaban J connectivity index is 1.79. The molecule has 1 heterocycles. The summed E-state index contributed by atoms with van der Waals surface area (Å²) in [5.74, 6) is -0.134. The van der Waals surface area contributed by atoms with Crippen LogP contribution < -0.4 is 5.32 Å². The molecule has 162 valence electrons. The highest BCUT2D eigenvalue weighted by atomic mass is 32.2. The van der Waals surface area contributed by atoms with Crippen molar-refractivity contribution in [1.82, 2.24) is 14.5 Å². The smallest absolute Gasteiger partial charge is 0.243 e. The van der Waals surface area contributed by atoms with Crippen molar-refractivity contribution in [2.75, 3.05) is 39.3 Å². The van der Waals surface area contributed by atoms with Crippen LogP contribution >= 0.6 is 0 Å². The molecule has 1 N–H and O–H groups in total. The number of nitrogens with one attached hydrogen (secondary N) is 1. The van der Waals surface area contributed by atoms with Crippen molar-refractivity contribution in [1.29, 1.82) is 0 Å². The summed E-state index contributed by atoms with van der Waals surface area (Å²) in [5, 5.41) is 3.22. The normalized spacial score (nSPS) is 14.8. The number of amides is 1. The fourth-order valence-corrected chi connectivity index (χ4v) is 5.42. The van der Waals surface area contributed by atoms with Crippen LogP contribution in [0.1, 0.15) is 23.1 Å². The van der Waals surface area contributed by atoms with Crippen LogP contribution in [0.4, 0.5) is 0 Å². The van der Waals surface area contributed by atoms with Crippen LogP contribution in [0.3, 0.4) is 0 Å². The van der Waals surface area contributed by atoms with E-state index in [-0.39, 0.29) is 17.3 Å². The number of benzene rings is 2. The Hall–Kier alpha value is -2.22. The molecule has 1 aliphatic heterocycles. The average Bonchev–Trinajstić information content (AvgIpc) is 2.76. The predicted molar refractivity (Wildman–Crippen MR) is 119 cm³/mol. The number of rotatable bonds is 8. The Kier molecular flexibility index (Phi) is 7.64. The SMILES string of the molecule is Cc1ccc(C)c(S(=O)(=O)N(CCCc2ccccc2)CC(=O)N2CCNCC2)c1. The predicted octanol–water partition coefficient (Wildman–Crippen LogP) is 2.36. The zero-order chi connectivity index (χ0) is 21.6. The molecule has 0 aliphatic carbocycles. The second kappa shape index (κ2) is 10.2. The third kappa shape index (κ3) is 5.68. The molecule has 2 aromatic rings. The van der Waals surface area contributed by atoms with Gasteiger partial charge in [-0.15, -0.1) is 0 Å². The summed E-state index contributed by atoms with van der Waals surface area (Å²) in [6.45, 7) is 6.57. The Morgan fingerprint density at radius 2 is 1.77 bits per heavy atom. The van der Waals surface area contributed by atoms with Crippen molar-refractivity contribution in [2.24, 2.45) is 0 Å². The zero-order valence-electron chi connectivity index (χ0n) is 17.8. The Labute approximate surface area is 179 Å². The highest BCUT2D eigenvalue weighted by Gasteiger charge is 2.29. The lowest BCUT2D eigenvalue weighted by atomic mass is 10.1. The van der Waals surface area contributed by atoms with E-state index >= 15 is 0 Å². The summed E-state index contributed by atoms with van der Waals surface area (Å²) in [7, 11) is -3.77. The van der Waals surface area contributed by atoms with Gasteiger partial charge in [0, 0.05) is 32.7 Å². The monoisotopic (exact) mass is 429 g/mol. The largest absolute Gasteiger partial charge is 0.339 e. The lowest BCUT2D eigenvalue weighted by Crippen LogP contribution is -2.50. The number of aryl methyl sites for hydroxylation is 3. The van der Waals surface area contributed by atoms with E-state index in [1.165, 1.54) is 4.31 Å². The highest BCUT2D eigenvalue weighted by molar-refractivity contribution is 7.89. The second-order valence-corrected chi connectivity index (χ2v) is 9.73. The van der Waals surface area contributed by atoms with E-state index in [2.05, 4.69) is 5.32 Å². The minimum atomic E-state index is -3.77. The Bertz CT molecular complexity index is 955. The highest BCUT2D eigenvalue weighted by Crippen LogP contribution is 2.22. The van der Waals surface area contributed by atoms with Gasteiger partial charge in [-0.1, -0.05) is 42.5 Å². The average molecular weight is 430 g/mol. The maximum Gasteiger partial charge on any atom is 0.243 e. The summed E-state index contributed by atoms with van der Waals surface area (Å²) < 4.78 is 28.4. The van der Waals surface area contributed by atoms with E-state index in [4.69, 9.17) is 0 Å². The van der Waals surface area contributed by atoms with E-state index in [0.717, 1.165) is 30.6 Å². The van der Waals surface area contributed by atoms with Crippen molar-refractivity contribution in [3.8, 4) is 0 Å². The van der Waals surface area contributed by atoms with Gasteiger partial charge in [0.05, 0.1) is 11.4 Å². The molecule has 0 radical (unpaired) electrons. The molecule has 3 rings (SSSR count). The molecule has 0 unspecified atom stereocenters. The number of carbonyl (C=O) groups is 1. The van der Waals surface area contributed by atoms with Gasteiger partial charge >= 0.3 is 0 Å². The molecule has 0 atom stereocenters. The van der Waals surface area contributed by atoms with E-state index < -0.39 is 10.0 Å². The maximum absolute atomic E-state index is 13.5. The standard InChI is InChI=1S/C23H31N3O3S/c1-19-10-11-20(2)22(17-19)30(28,29)26(14-6-9-21-7-4-3-5-8-21)18-23(27)25-15-12-24-13-16-25/h3-5,7-8,10-11,17,24H,6,9,12-16,18H2,1-2H3. The minimum Gasteiger partial charge on any atom is -0.339 e. The van der Waals surface area contributed by atoms with Crippen LogP contribution in [0.5, 0.6) is 0 Å². The van der Waals surface area contributed by atoms with Gasteiger partial charge in [0.25, 0.3) is 0 Å². The molecule has 1 saturated heterocycles. The zero-order valence-corrected chi connectivity index (χ0v) is 18.6. The van der Waals surface area contributed by atoms with Crippen molar-refractivity contribution >= 4 is 15.9 Å². The van der Waals surface area contributed by atoms with Gasteiger partial charge in [0.2, 0.25) is 15.9 Å². The van der Waals surface area contributed by atoms with Crippen molar-refractivity contribution in [3.05, 3.63) is 65.2 Å². The van der Waals surface area contributed by atoms with Gasteiger partial charge in [0.15, 0.2) is 0 Å². The van der Waals surface area contributed by atoms with Crippen LogP contribution in [0.25, 0.3) is 0 Å². The van der Waals surface area contributed by atoms with Gasteiger partial charge in [-0.2, -0.15) is 4.31 Å². The lowest BCUT2D eigenvalue weighted by molar-refractivity contribution is -0.131. The molecule has 0 saturated carbocycles. The number of carbonyl (C=O) groups excluding carboxylic acids is 1. The molecule has 1 amide bonds. The first-order valence-electron chi connectivity index (χ1n) is 10.5. The van der Waals surface area contributed by atoms with Gasteiger partial charge in [-0.3, -0.25) is 4.79 Å². The summed E-state index contributed by atoms with van der Waals surface area (Å²) in [5.41, 5.74) is 2.75. The number of hydrogen-bond acceptors (Lipinski definition) is 4. The quantitative estimate of drug-likeness (QED) is 0.699. The Morgan fingerprint density at radius 3 is 2.47 bits per heavy atom. The molecular formula is C23H31N3O3S. The molecule has 1 fully saturated rings. The number of sulfonamides is 1. The van der Waals surface area contributed by atoms with Gasteiger partial charge in [-0.25, -0.2) is 8.42 Å². The lowest BCUT2D eigenvalue weighted by Gasteiger charge is -2.30.